The van der Waals surface area contributed by atoms with Crippen LogP contribution in [0.5, 0.6) is 11.5 Å². The van der Waals surface area contributed by atoms with Crippen LogP contribution in [-0.4, -0.2) is 43.5 Å². The molecule has 8 aromatic rings. The Kier molecular flexibility index (Phi) is 8.50. The highest BCUT2D eigenvalue weighted by molar-refractivity contribution is 6.10. The van der Waals surface area contributed by atoms with Crippen LogP contribution < -0.4 is 0 Å². The molecule has 2 N–H and O–H groups in total. The molecule has 51 heavy (non-hydrogen) atoms. The molecule has 0 atom stereocenters. The summed E-state index contributed by atoms with van der Waals surface area (Å²) in [6.45, 7) is 10.3. The highest BCUT2D eigenvalue weighted by Crippen LogP contribution is 2.39. The van der Waals surface area contributed by atoms with Crippen molar-refractivity contribution in [1.82, 2.24) is 14.0 Å². The van der Waals surface area contributed by atoms with E-state index >= 15 is 0 Å². The molecule has 0 fully saturated rings. The van der Waals surface area contributed by atoms with Gasteiger partial charge in [0.2, 0.25) is 0 Å². The van der Waals surface area contributed by atoms with E-state index in [9.17, 15) is 10.2 Å². The number of para-hydroxylation sites is 4. The molecule has 2 heterocycles. The predicted molar refractivity (Wildman–Crippen MR) is 210 cm³/mol. The Morgan fingerprint density at radius 3 is 1.25 bits per heavy atom. The van der Waals surface area contributed by atoms with Crippen molar-refractivity contribution in [3.63, 3.8) is 0 Å². The van der Waals surface area contributed by atoms with Crippen molar-refractivity contribution in [2.45, 2.75) is 46.9 Å². The second kappa shape index (κ2) is 13.3. The second-order valence-corrected chi connectivity index (χ2v) is 14.0. The Morgan fingerprint density at radius 2 is 0.902 bits per heavy atom. The Morgan fingerprint density at radius 1 is 0.549 bits per heavy atom. The van der Waals surface area contributed by atoms with Gasteiger partial charge in [-0.25, -0.2) is 0 Å². The van der Waals surface area contributed by atoms with Crippen molar-refractivity contribution >= 4 is 43.6 Å². The van der Waals surface area contributed by atoms with Crippen molar-refractivity contribution in [2.75, 3.05) is 13.2 Å². The number of fused-ring (bicyclic) bond motifs is 6. The number of phenols is 2. The Hall–Kier alpha value is -5.56. The smallest absolute Gasteiger partial charge is 0.144 e. The number of nitrogens with zero attached hydrogens (tertiary/aromatic N) is 3. The molecule has 0 saturated heterocycles. The van der Waals surface area contributed by atoms with E-state index in [4.69, 9.17) is 4.74 Å². The summed E-state index contributed by atoms with van der Waals surface area (Å²) in [7, 11) is 0. The number of benzene rings is 6. The lowest BCUT2D eigenvalue weighted by molar-refractivity contribution is 0.0553. The fraction of sp³-hybridized carbons (Fsp3) is 0.200. The van der Waals surface area contributed by atoms with E-state index in [1.807, 2.05) is 38.1 Å². The van der Waals surface area contributed by atoms with Crippen LogP contribution in [0.3, 0.4) is 0 Å². The third kappa shape index (κ3) is 5.90. The first-order valence-corrected chi connectivity index (χ1v) is 17.7. The number of rotatable bonds is 10. The maximum atomic E-state index is 12.1. The van der Waals surface area contributed by atoms with E-state index in [0.717, 1.165) is 77.2 Å². The lowest BCUT2D eigenvalue weighted by Gasteiger charge is -2.26. The quantitative estimate of drug-likeness (QED) is 0.152. The summed E-state index contributed by atoms with van der Waals surface area (Å²) in [4.78, 5) is 2.26. The van der Waals surface area contributed by atoms with E-state index in [1.165, 1.54) is 0 Å². The summed E-state index contributed by atoms with van der Waals surface area (Å²) in [5, 5.41) is 28.7. The van der Waals surface area contributed by atoms with Crippen molar-refractivity contribution in [3.8, 4) is 22.9 Å². The summed E-state index contributed by atoms with van der Waals surface area (Å²) in [6, 6.07) is 41.7. The molecule has 8 rings (SSSR count). The largest absolute Gasteiger partial charge is 0.505 e. The molecule has 0 spiro atoms. The molecule has 2 aromatic heterocycles. The molecule has 0 amide bonds. The van der Waals surface area contributed by atoms with E-state index in [0.29, 0.717) is 26.2 Å². The van der Waals surface area contributed by atoms with Gasteiger partial charge in [-0.3, -0.25) is 4.90 Å². The van der Waals surface area contributed by atoms with Crippen LogP contribution in [0.2, 0.25) is 0 Å². The second-order valence-electron chi connectivity index (χ2n) is 14.0. The van der Waals surface area contributed by atoms with Gasteiger partial charge in [-0.2, -0.15) is 0 Å². The van der Waals surface area contributed by atoms with Gasteiger partial charge in [-0.15, -0.1) is 0 Å². The highest BCUT2D eigenvalue weighted by atomic mass is 16.5. The van der Waals surface area contributed by atoms with Gasteiger partial charge in [-0.05, 0) is 75.2 Å². The molecule has 0 aliphatic carbocycles. The summed E-state index contributed by atoms with van der Waals surface area (Å²) >= 11 is 0. The van der Waals surface area contributed by atoms with Crippen molar-refractivity contribution in [3.05, 3.63) is 144 Å². The molecule has 256 valence electrons. The van der Waals surface area contributed by atoms with Crippen LogP contribution in [0.15, 0.2) is 121 Å². The number of hydrogen-bond donors (Lipinski definition) is 2. The Labute approximate surface area is 298 Å². The average Bonchev–Trinajstić information content (AvgIpc) is 3.64. The van der Waals surface area contributed by atoms with Gasteiger partial charge in [0, 0.05) is 52.3 Å². The van der Waals surface area contributed by atoms with E-state index in [-0.39, 0.29) is 17.6 Å². The van der Waals surface area contributed by atoms with Crippen LogP contribution in [-0.2, 0) is 17.8 Å². The molecule has 6 heteroatoms. The summed E-state index contributed by atoms with van der Waals surface area (Å²) in [6.07, 6.45) is 0.0930. The minimum atomic E-state index is 0.0930. The van der Waals surface area contributed by atoms with E-state index < -0.39 is 0 Å². The first kappa shape index (κ1) is 32.6. The SMILES string of the molecule is Cc1cc(CN(CCOC(C)C)Cc2cc(C)cc(-n3c4ccccc4c4ccccc43)c2O)c(O)c(-n2c3ccccc3c3ccccc32)c1. The molecule has 6 aromatic carbocycles. The number of aromatic nitrogens is 2. The number of hydrogen-bond acceptors (Lipinski definition) is 4. The standard InChI is InChI=1S/C45H43N3O3/c1-29(2)51-22-21-46(27-32-23-30(3)25-42(44(32)49)47-38-17-9-5-13-34(38)35-14-6-10-18-39(35)47)28-33-24-31(4)26-43(45(33)50)48-40-19-11-7-15-36(40)37-16-8-12-20-41(37)48/h5-20,23-26,29,49-50H,21-22,27-28H2,1-4H3. The topological polar surface area (TPSA) is 62.8 Å². The van der Waals surface area contributed by atoms with Gasteiger partial charge in [0.25, 0.3) is 0 Å². The minimum Gasteiger partial charge on any atom is -0.505 e. The van der Waals surface area contributed by atoms with E-state index in [2.05, 4.69) is 125 Å². The maximum Gasteiger partial charge on any atom is 0.144 e. The van der Waals surface area contributed by atoms with Crippen LogP contribution in [0, 0.1) is 13.8 Å². The van der Waals surface area contributed by atoms with E-state index in [1.54, 1.807) is 0 Å². The molecule has 0 unspecified atom stereocenters. The van der Waals surface area contributed by atoms with Gasteiger partial charge < -0.3 is 24.1 Å². The van der Waals surface area contributed by atoms with Gasteiger partial charge in [-0.1, -0.05) is 84.9 Å². The lowest BCUT2D eigenvalue weighted by atomic mass is 10.0. The van der Waals surface area contributed by atoms with Crippen molar-refractivity contribution in [1.29, 1.82) is 0 Å². The van der Waals surface area contributed by atoms with Crippen LogP contribution >= 0.6 is 0 Å². The first-order chi connectivity index (χ1) is 24.8. The monoisotopic (exact) mass is 673 g/mol. The molecular formula is C45H43N3O3. The molecule has 0 aliphatic rings. The van der Waals surface area contributed by atoms with Gasteiger partial charge in [0.15, 0.2) is 0 Å². The Bertz CT molecular complexity index is 2280. The third-order valence-corrected chi connectivity index (χ3v) is 9.91. The third-order valence-electron chi connectivity index (χ3n) is 9.91. The first-order valence-electron chi connectivity index (χ1n) is 17.7. The summed E-state index contributed by atoms with van der Waals surface area (Å²) < 4.78 is 10.4. The van der Waals surface area contributed by atoms with Gasteiger partial charge >= 0.3 is 0 Å². The average molecular weight is 674 g/mol. The fourth-order valence-electron chi connectivity index (χ4n) is 7.73. The zero-order chi connectivity index (χ0) is 35.2. The molecule has 0 aliphatic heterocycles. The van der Waals surface area contributed by atoms with Crippen LogP contribution in [0.1, 0.15) is 36.1 Å². The molecule has 6 nitrogen and oxygen atoms in total. The van der Waals surface area contributed by atoms with Crippen LogP contribution in [0.4, 0.5) is 0 Å². The molecule has 0 radical (unpaired) electrons. The predicted octanol–water partition coefficient (Wildman–Crippen LogP) is 10.3. The van der Waals surface area contributed by atoms with Crippen LogP contribution in [0.25, 0.3) is 55.0 Å². The van der Waals surface area contributed by atoms with Crippen molar-refractivity contribution < 1.29 is 14.9 Å². The maximum absolute atomic E-state index is 12.1. The minimum absolute atomic E-state index is 0.0930. The molecule has 0 bridgehead atoms. The zero-order valence-electron chi connectivity index (χ0n) is 29.6. The Balaban J connectivity index is 1.21. The van der Waals surface area contributed by atoms with Gasteiger partial charge in [0.05, 0.1) is 46.2 Å². The molecule has 0 saturated carbocycles. The summed E-state index contributed by atoms with van der Waals surface area (Å²) in [5.74, 6) is 0.502. The number of phenolic OH excluding ortho intramolecular Hbond substituents is 2. The number of aryl methyl sites for hydroxylation is 2. The number of aromatic hydroxyl groups is 2. The van der Waals surface area contributed by atoms with Crippen molar-refractivity contribution in [2.24, 2.45) is 0 Å². The highest BCUT2D eigenvalue weighted by Gasteiger charge is 2.22. The summed E-state index contributed by atoms with van der Waals surface area (Å²) in [5.41, 5.74) is 9.49. The fourth-order valence-corrected chi connectivity index (χ4v) is 7.73. The number of ether oxygens (including phenoxy) is 1. The normalized spacial score (nSPS) is 12.0. The lowest BCUT2D eigenvalue weighted by Crippen LogP contribution is -2.28. The molecular weight excluding hydrogens is 631 g/mol. The zero-order valence-corrected chi connectivity index (χ0v) is 29.6. The van der Waals surface area contributed by atoms with Gasteiger partial charge in [0.1, 0.15) is 11.5 Å².